The van der Waals surface area contributed by atoms with Gasteiger partial charge in [-0.05, 0) is 56.8 Å². The van der Waals surface area contributed by atoms with Crippen LogP contribution in [0.3, 0.4) is 0 Å². The normalized spacial score (nSPS) is 21.5. The molecule has 0 aliphatic carbocycles. The molecule has 124 valence electrons. The van der Waals surface area contributed by atoms with Crippen molar-refractivity contribution in [2.75, 3.05) is 31.5 Å². The van der Waals surface area contributed by atoms with Gasteiger partial charge in [-0.25, -0.2) is 0 Å². The molecular formula is C17H28ClN3O. The van der Waals surface area contributed by atoms with E-state index in [4.69, 9.17) is 5.73 Å². The maximum atomic E-state index is 12.3. The fourth-order valence-electron chi connectivity index (χ4n) is 3.19. The molecule has 0 aromatic heterocycles. The zero-order chi connectivity index (χ0) is 15.6. The molecule has 1 heterocycles. The highest BCUT2D eigenvalue weighted by Crippen LogP contribution is 2.28. The molecule has 1 aliphatic heterocycles. The van der Waals surface area contributed by atoms with Crippen LogP contribution in [0.2, 0.25) is 0 Å². The van der Waals surface area contributed by atoms with Crippen molar-refractivity contribution in [1.29, 1.82) is 0 Å². The molecule has 0 bridgehead atoms. The van der Waals surface area contributed by atoms with E-state index >= 15 is 0 Å². The predicted molar refractivity (Wildman–Crippen MR) is 94.7 cm³/mol. The quantitative estimate of drug-likeness (QED) is 0.894. The number of nitrogens with zero attached hydrogens (tertiary/aromatic N) is 1. The number of aryl methyl sites for hydroxylation is 3. The average Bonchev–Trinajstić information content (AvgIpc) is 2.76. The highest BCUT2D eigenvalue weighted by Gasteiger charge is 2.33. The van der Waals surface area contributed by atoms with Crippen LogP contribution >= 0.6 is 12.4 Å². The maximum absolute atomic E-state index is 12.3. The smallest absolute Gasteiger partial charge is 0.238 e. The molecule has 0 saturated carbocycles. The van der Waals surface area contributed by atoms with Gasteiger partial charge in [0.2, 0.25) is 5.91 Å². The minimum atomic E-state index is 0. The van der Waals surface area contributed by atoms with Gasteiger partial charge in [0, 0.05) is 12.2 Å². The Balaban J connectivity index is 0.00000242. The molecule has 1 amide bonds. The van der Waals surface area contributed by atoms with Crippen molar-refractivity contribution in [3.63, 3.8) is 0 Å². The predicted octanol–water partition coefficient (Wildman–Crippen LogP) is 2.64. The first kappa shape index (κ1) is 18.9. The van der Waals surface area contributed by atoms with Crippen molar-refractivity contribution >= 4 is 24.0 Å². The lowest BCUT2D eigenvalue weighted by Crippen LogP contribution is -2.35. The van der Waals surface area contributed by atoms with Crippen molar-refractivity contribution < 1.29 is 4.79 Å². The largest absolute Gasteiger partial charge is 0.330 e. The number of hydrogen-bond donors (Lipinski definition) is 2. The minimum Gasteiger partial charge on any atom is -0.330 e. The van der Waals surface area contributed by atoms with Gasteiger partial charge in [0.15, 0.2) is 0 Å². The molecule has 0 radical (unpaired) electrons. The maximum Gasteiger partial charge on any atom is 0.238 e. The lowest BCUT2D eigenvalue weighted by Gasteiger charge is -2.22. The first-order valence-corrected chi connectivity index (χ1v) is 7.63. The summed E-state index contributed by atoms with van der Waals surface area (Å²) >= 11 is 0. The molecule has 3 N–H and O–H groups in total. The van der Waals surface area contributed by atoms with Crippen LogP contribution in [0.4, 0.5) is 5.69 Å². The number of likely N-dealkylation sites (tertiary alicyclic amines) is 1. The Labute approximate surface area is 139 Å². The van der Waals surface area contributed by atoms with E-state index in [2.05, 4.69) is 36.2 Å². The zero-order valence-corrected chi connectivity index (χ0v) is 14.8. The van der Waals surface area contributed by atoms with Crippen LogP contribution in [-0.4, -0.2) is 37.0 Å². The lowest BCUT2D eigenvalue weighted by molar-refractivity contribution is -0.117. The van der Waals surface area contributed by atoms with Gasteiger partial charge in [0.1, 0.15) is 0 Å². The van der Waals surface area contributed by atoms with Crippen LogP contribution in [0.5, 0.6) is 0 Å². The summed E-state index contributed by atoms with van der Waals surface area (Å²) in [4.78, 5) is 14.5. The minimum absolute atomic E-state index is 0. The van der Waals surface area contributed by atoms with Crippen molar-refractivity contribution in [3.05, 3.63) is 28.8 Å². The molecule has 1 atom stereocenters. The van der Waals surface area contributed by atoms with E-state index in [0.29, 0.717) is 13.1 Å². The van der Waals surface area contributed by atoms with Crippen LogP contribution in [-0.2, 0) is 4.79 Å². The van der Waals surface area contributed by atoms with Gasteiger partial charge in [-0.2, -0.15) is 0 Å². The van der Waals surface area contributed by atoms with Crippen LogP contribution in [0.25, 0.3) is 0 Å². The Morgan fingerprint density at radius 3 is 2.41 bits per heavy atom. The summed E-state index contributed by atoms with van der Waals surface area (Å²) < 4.78 is 0. The number of carbonyl (C=O) groups excluding carboxylic acids is 1. The summed E-state index contributed by atoms with van der Waals surface area (Å²) in [5, 5.41) is 3.07. The Morgan fingerprint density at radius 2 is 1.91 bits per heavy atom. The topological polar surface area (TPSA) is 58.4 Å². The second-order valence-corrected chi connectivity index (χ2v) is 6.80. The van der Waals surface area contributed by atoms with Crippen LogP contribution in [0.15, 0.2) is 12.1 Å². The Bertz CT molecular complexity index is 524. The summed E-state index contributed by atoms with van der Waals surface area (Å²) in [5.74, 6) is 0.0614. The highest BCUT2D eigenvalue weighted by molar-refractivity contribution is 5.93. The molecule has 1 saturated heterocycles. The van der Waals surface area contributed by atoms with E-state index in [-0.39, 0.29) is 23.7 Å². The molecule has 4 nitrogen and oxygen atoms in total. The third-order valence-corrected chi connectivity index (χ3v) is 4.44. The van der Waals surface area contributed by atoms with Gasteiger partial charge < -0.3 is 11.1 Å². The van der Waals surface area contributed by atoms with Crippen molar-refractivity contribution in [1.82, 2.24) is 4.90 Å². The monoisotopic (exact) mass is 325 g/mol. The third kappa shape index (κ3) is 4.45. The molecule has 1 aromatic rings. The summed E-state index contributed by atoms with van der Waals surface area (Å²) in [6.07, 6.45) is 1.07. The van der Waals surface area contributed by atoms with Gasteiger partial charge in [0.05, 0.1) is 6.54 Å². The van der Waals surface area contributed by atoms with Crippen molar-refractivity contribution in [2.24, 2.45) is 11.1 Å². The van der Waals surface area contributed by atoms with E-state index in [0.717, 1.165) is 36.3 Å². The van der Waals surface area contributed by atoms with Crippen LogP contribution in [0.1, 0.15) is 30.0 Å². The van der Waals surface area contributed by atoms with Crippen molar-refractivity contribution in [3.8, 4) is 0 Å². The van der Waals surface area contributed by atoms with Gasteiger partial charge in [-0.15, -0.1) is 12.4 Å². The molecule has 1 aliphatic rings. The van der Waals surface area contributed by atoms with E-state index < -0.39 is 0 Å². The number of halogens is 1. The second kappa shape index (κ2) is 7.44. The van der Waals surface area contributed by atoms with Crippen molar-refractivity contribution in [2.45, 2.75) is 34.1 Å². The molecule has 0 spiro atoms. The van der Waals surface area contributed by atoms with Crippen LogP contribution < -0.4 is 11.1 Å². The first-order chi connectivity index (χ1) is 9.83. The standard InChI is InChI=1S/C17H27N3O.ClH/c1-12-7-13(2)16(14(3)8-12)19-15(21)9-20-6-5-17(4,10-18)11-20;/h7-8H,5-6,9-11,18H2,1-4H3,(H,19,21);1H. The number of nitrogens with two attached hydrogens (primary N) is 1. The van der Waals surface area contributed by atoms with Gasteiger partial charge in [0.25, 0.3) is 0 Å². The Morgan fingerprint density at radius 1 is 1.32 bits per heavy atom. The van der Waals surface area contributed by atoms with Gasteiger partial charge in [-0.3, -0.25) is 9.69 Å². The summed E-state index contributed by atoms with van der Waals surface area (Å²) in [6, 6.07) is 4.20. The number of hydrogen-bond acceptors (Lipinski definition) is 3. The van der Waals surface area contributed by atoms with Crippen LogP contribution in [0, 0.1) is 26.2 Å². The SMILES string of the molecule is Cc1cc(C)c(NC(=O)CN2CCC(C)(CN)C2)c(C)c1.Cl. The molecule has 1 fully saturated rings. The summed E-state index contributed by atoms with van der Waals surface area (Å²) in [6.45, 7) is 11.3. The zero-order valence-electron chi connectivity index (χ0n) is 14.0. The second-order valence-electron chi connectivity index (χ2n) is 6.80. The van der Waals surface area contributed by atoms with E-state index in [1.165, 1.54) is 5.56 Å². The fourth-order valence-corrected chi connectivity index (χ4v) is 3.19. The number of anilines is 1. The summed E-state index contributed by atoms with van der Waals surface area (Å²) in [5.41, 5.74) is 10.4. The molecule has 22 heavy (non-hydrogen) atoms. The summed E-state index contributed by atoms with van der Waals surface area (Å²) in [7, 11) is 0. The number of rotatable bonds is 4. The van der Waals surface area contributed by atoms with Gasteiger partial charge in [-0.1, -0.05) is 24.6 Å². The highest BCUT2D eigenvalue weighted by atomic mass is 35.5. The lowest BCUT2D eigenvalue weighted by atomic mass is 9.90. The third-order valence-electron chi connectivity index (χ3n) is 4.44. The molecule has 1 unspecified atom stereocenters. The molecular weight excluding hydrogens is 298 g/mol. The number of amides is 1. The Hall–Kier alpha value is -1.10. The fraction of sp³-hybridized carbons (Fsp3) is 0.588. The number of nitrogens with one attached hydrogen (secondary N) is 1. The van der Waals surface area contributed by atoms with E-state index in [9.17, 15) is 4.79 Å². The number of benzene rings is 1. The number of carbonyl (C=O) groups is 1. The molecule has 2 rings (SSSR count). The Kier molecular flexibility index (Phi) is 6.41. The van der Waals surface area contributed by atoms with E-state index in [1.54, 1.807) is 0 Å². The average molecular weight is 326 g/mol. The molecule has 5 heteroatoms. The van der Waals surface area contributed by atoms with E-state index in [1.807, 2.05) is 13.8 Å². The first-order valence-electron chi connectivity index (χ1n) is 7.63. The van der Waals surface area contributed by atoms with Gasteiger partial charge >= 0.3 is 0 Å². The molecule has 1 aromatic carbocycles.